The van der Waals surface area contributed by atoms with E-state index in [4.69, 9.17) is 16.3 Å². The minimum Gasteiger partial charge on any atom is -0.449 e. The molecule has 0 aliphatic heterocycles. The second-order valence-electron chi connectivity index (χ2n) is 5.21. The van der Waals surface area contributed by atoms with Crippen LogP contribution in [0.25, 0.3) is 0 Å². The molecule has 2 rings (SSSR count). The van der Waals surface area contributed by atoms with Crippen LogP contribution in [0, 0.1) is 5.82 Å². The number of aryl methyl sites for hydroxylation is 1. The van der Waals surface area contributed by atoms with Crippen molar-refractivity contribution < 1.29 is 18.7 Å². The largest absolute Gasteiger partial charge is 0.449 e. The first-order valence-electron chi connectivity index (χ1n) is 7.46. The number of carbonyl (C=O) groups excluding carboxylic acids is 2. The first-order chi connectivity index (χ1) is 11.4. The number of carbonyl (C=O) groups is 2. The van der Waals surface area contributed by atoms with Crippen LogP contribution in [0.15, 0.2) is 42.5 Å². The molecule has 4 nitrogen and oxygen atoms in total. The molecular formula is C18H17ClFNO3. The summed E-state index contributed by atoms with van der Waals surface area (Å²) in [5.41, 5.74) is 1.42. The van der Waals surface area contributed by atoms with Gasteiger partial charge in [-0.25, -0.2) is 9.18 Å². The van der Waals surface area contributed by atoms with Gasteiger partial charge in [0.25, 0.3) is 5.91 Å². The van der Waals surface area contributed by atoms with Crippen LogP contribution in [0.2, 0.25) is 5.02 Å². The zero-order chi connectivity index (χ0) is 17.7. The molecule has 0 radical (unpaired) electrons. The van der Waals surface area contributed by atoms with Crippen molar-refractivity contribution in [2.45, 2.75) is 26.4 Å². The Hall–Kier alpha value is -2.40. The van der Waals surface area contributed by atoms with E-state index < -0.39 is 23.8 Å². The maximum absolute atomic E-state index is 13.6. The third kappa shape index (κ3) is 4.55. The van der Waals surface area contributed by atoms with E-state index in [1.54, 1.807) is 12.1 Å². The Balaban J connectivity index is 2.00. The molecule has 0 aromatic heterocycles. The van der Waals surface area contributed by atoms with Crippen molar-refractivity contribution in [3.63, 3.8) is 0 Å². The highest BCUT2D eigenvalue weighted by Crippen LogP contribution is 2.17. The van der Waals surface area contributed by atoms with Gasteiger partial charge in [-0.15, -0.1) is 0 Å². The number of rotatable bonds is 5. The normalized spacial score (nSPS) is 11.7. The Bertz CT molecular complexity index is 746. The van der Waals surface area contributed by atoms with Gasteiger partial charge >= 0.3 is 5.97 Å². The molecule has 1 amide bonds. The van der Waals surface area contributed by atoms with E-state index in [1.165, 1.54) is 13.0 Å². The predicted molar refractivity (Wildman–Crippen MR) is 90.7 cm³/mol. The molecule has 0 spiro atoms. The van der Waals surface area contributed by atoms with Crippen LogP contribution in [0.5, 0.6) is 0 Å². The fraction of sp³-hybridized carbons (Fsp3) is 0.222. The standard InChI is InChI=1S/C18H17ClFNO3/c1-3-12-4-7-14(8-5-12)21-17(22)11(2)24-18(23)15-10-13(19)6-9-16(15)20/h4-11H,3H2,1-2H3,(H,21,22)/t11-/m1/s1. The molecule has 0 saturated heterocycles. The Kier molecular flexibility index (Phi) is 5.93. The highest BCUT2D eigenvalue weighted by atomic mass is 35.5. The van der Waals surface area contributed by atoms with Crippen molar-refractivity contribution >= 4 is 29.2 Å². The first-order valence-corrected chi connectivity index (χ1v) is 7.84. The van der Waals surface area contributed by atoms with Crippen LogP contribution in [-0.2, 0) is 16.0 Å². The van der Waals surface area contributed by atoms with E-state index in [2.05, 4.69) is 5.32 Å². The van der Waals surface area contributed by atoms with Gasteiger partial charge in [-0.3, -0.25) is 4.79 Å². The number of hydrogen-bond acceptors (Lipinski definition) is 3. The van der Waals surface area contributed by atoms with Gasteiger partial charge in [0.15, 0.2) is 6.10 Å². The number of anilines is 1. The zero-order valence-corrected chi connectivity index (χ0v) is 14.1. The topological polar surface area (TPSA) is 55.4 Å². The predicted octanol–water partition coefficient (Wildman–Crippen LogP) is 4.23. The molecular weight excluding hydrogens is 333 g/mol. The Morgan fingerprint density at radius 1 is 1.21 bits per heavy atom. The fourth-order valence-electron chi connectivity index (χ4n) is 2.00. The number of esters is 1. The van der Waals surface area contributed by atoms with Gasteiger partial charge in [0.05, 0.1) is 5.56 Å². The minimum absolute atomic E-state index is 0.205. The van der Waals surface area contributed by atoms with Gasteiger partial charge in [-0.05, 0) is 49.2 Å². The molecule has 6 heteroatoms. The molecule has 1 N–H and O–H groups in total. The molecule has 24 heavy (non-hydrogen) atoms. The molecule has 2 aromatic carbocycles. The number of ether oxygens (including phenoxy) is 1. The van der Waals surface area contributed by atoms with E-state index in [0.29, 0.717) is 5.69 Å². The Morgan fingerprint density at radius 2 is 1.88 bits per heavy atom. The van der Waals surface area contributed by atoms with Gasteiger partial charge in [-0.1, -0.05) is 30.7 Å². The van der Waals surface area contributed by atoms with E-state index in [-0.39, 0.29) is 10.6 Å². The number of amides is 1. The summed E-state index contributed by atoms with van der Waals surface area (Å²) in [6, 6.07) is 10.9. The van der Waals surface area contributed by atoms with Crippen molar-refractivity contribution in [1.29, 1.82) is 0 Å². The SMILES string of the molecule is CCc1ccc(NC(=O)[C@@H](C)OC(=O)c2cc(Cl)ccc2F)cc1. The van der Waals surface area contributed by atoms with Crippen molar-refractivity contribution in [3.8, 4) is 0 Å². The zero-order valence-electron chi connectivity index (χ0n) is 13.3. The summed E-state index contributed by atoms with van der Waals surface area (Å²) in [5.74, 6) is -2.21. The first kappa shape index (κ1) is 17.9. The molecule has 0 heterocycles. The van der Waals surface area contributed by atoms with Crippen molar-refractivity contribution in [3.05, 3.63) is 64.4 Å². The molecule has 0 fully saturated rings. The summed E-state index contributed by atoms with van der Waals surface area (Å²) < 4.78 is 18.6. The Morgan fingerprint density at radius 3 is 2.50 bits per heavy atom. The number of halogens is 2. The maximum atomic E-state index is 13.6. The van der Waals surface area contributed by atoms with Crippen LogP contribution < -0.4 is 5.32 Å². The fourth-order valence-corrected chi connectivity index (χ4v) is 2.17. The molecule has 0 aliphatic rings. The van der Waals surface area contributed by atoms with Crippen molar-refractivity contribution in [2.24, 2.45) is 0 Å². The van der Waals surface area contributed by atoms with Gasteiger partial charge < -0.3 is 10.1 Å². The Labute approximate surface area is 144 Å². The summed E-state index contributed by atoms with van der Waals surface area (Å²) >= 11 is 5.74. The summed E-state index contributed by atoms with van der Waals surface area (Å²) in [6.45, 7) is 3.44. The number of hydrogen-bond donors (Lipinski definition) is 1. The quantitative estimate of drug-likeness (QED) is 0.822. The van der Waals surface area contributed by atoms with Gasteiger partial charge in [0.1, 0.15) is 5.82 Å². The molecule has 0 bridgehead atoms. The lowest BCUT2D eigenvalue weighted by molar-refractivity contribution is -0.123. The summed E-state index contributed by atoms with van der Waals surface area (Å²) in [7, 11) is 0. The highest BCUT2D eigenvalue weighted by molar-refractivity contribution is 6.30. The van der Waals surface area contributed by atoms with Crippen LogP contribution in [0.3, 0.4) is 0 Å². The van der Waals surface area contributed by atoms with E-state index in [9.17, 15) is 14.0 Å². The summed E-state index contributed by atoms with van der Waals surface area (Å²) in [5, 5.41) is 2.84. The van der Waals surface area contributed by atoms with E-state index in [0.717, 1.165) is 24.1 Å². The molecule has 126 valence electrons. The lowest BCUT2D eigenvalue weighted by Gasteiger charge is -2.14. The minimum atomic E-state index is -1.08. The average Bonchev–Trinajstić information content (AvgIpc) is 2.57. The average molecular weight is 350 g/mol. The molecule has 0 unspecified atom stereocenters. The van der Waals surface area contributed by atoms with Crippen LogP contribution in [0.1, 0.15) is 29.8 Å². The molecule has 0 aliphatic carbocycles. The number of benzene rings is 2. The second kappa shape index (κ2) is 7.93. The third-order valence-corrected chi connectivity index (χ3v) is 3.67. The molecule has 1 atom stereocenters. The second-order valence-corrected chi connectivity index (χ2v) is 5.65. The highest BCUT2D eigenvalue weighted by Gasteiger charge is 2.21. The van der Waals surface area contributed by atoms with E-state index >= 15 is 0 Å². The molecule has 2 aromatic rings. The van der Waals surface area contributed by atoms with Crippen LogP contribution in [0.4, 0.5) is 10.1 Å². The van der Waals surface area contributed by atoms with Crippen LogP contribution >= 0.6 is 11.6 Å². The number of nitrogens with one attached hydrogen (secondary N) is 1. The third-order valence-electron chi connectivity index (χ3n) is 3.43. The summed E-state index contributed by atoms with van der Waals surface area (Å²) in [4.78, 5) is 24.0. The molecule has 0 saturated carbocycles. The van der Waals surface area contributed by atoms with E-state index in [1.807, 2.05) is 19.1 Å². The van der Waals surface area contributed by atoms with Crippen LogP contribution in [-0.4, -0.2) is 18.0 Å². The lowest BCUT2D eigenvalue weighted by Crippen LogP contribution is -2.30. The maximum Gasteiger partial charge on any atom is 0.341 e. The lowest BCUT2D eigenvalue weighted by atomic mass is 10.1. The monoisotopic (exact) mass is 349 g/mol. The summed E-state index contributed by atoms with van der Waals surface area (Å²) in [6.07, 6.45) is -0.185. The van der Waals surface area contributed by atoms with Gasteiger partial charge in [0, 0.05) is 10.7 Å². The van der Waals surface area contributed by atoms with Gasteiger partial charge in [-0.2, -0.15) is 0 Å². The van der Waals surface area contributed by atoms with Crippen molar-refractivity contribution in [1.82, 2.24) is 0 Å². The smallest absolute Gasteiger partial charge is 0.341 e. The van der Waals surface area contributed by atoms with Gasteiger partial charge in [0.2, 0.25) is 0 Å². The van der Waals surface area contributed by atoms with Crippen molar-refractivity contribution in [2.75, 3.05) is 5.32 Å².